The quantitative estimate of drug-likeness (QED) is 0.783. The first kappa shape index (κ1) is 12.7. The number of hydrogen-bond donors (Lipinski definition) is 2. The molecule has 0 aromatic carbocycles. The van der Waals surface area contributed by atoms with Gasteiger partial charge >= 0.3 is 0 Å². The monoisotopic (exact) mass is 227 g/mol. The summed E-state index contributed by atoms with van der Waals surface area (Å²) in [5, 5.41) is 14.8. The van der Waals surface area contributed by atoms with Crippen LogP contribution in [0.2, 0.25) is 0 Å². The van der Waals surface area contributed by atoms with E-state index in [1.807, 2.05) is 6.92 Å². The standard InChI is InChI=1S/C12H21NOS/c1-9(2)7-11(13-8-10(3)14)12-5-4-6-15-12/h4-6,9-11,13-14H,7-8H2,1-3H3/t10-,11?/m1/s1. The Labute approximate surface area is 96.3 Å². The van der Waals surface area contributed by atoms with Crippen molar-refractivity contribution in [2.75, 3.05) is 6.54 Å². The molecule has 86 valence electrons. The van der Waals surface area contributed by atoms with Gasteiger partial charge in [0.1, 0.15) is 0 Å². The number of aliphatic hydroxyl groups excluding tert-OH is 1. The molecule has 2 atom stereocenters. The summed E-state index contributed by atoms with van der Waals surface area (Å²) >= 11 is 1.78. The molecule has 0 radical (unpaired) electrons. The van der Waals surface area contributed by atoms with Gasteiger partial charge in [-0.05, 0) is 30.7 Å². The number of hydrogen-bond acceptors (Lipinski definition) is 3. The summed E-state index contributed by atoms with van der Waals surface area (Å²) in [5.41, 5.74) is 0. The molecule has 0 aliphatic rings. The van der Waals surface area contributed by atoms with Crippen molar-refractivity contribution in [3.8, 4) is 0 Å². The molecule has 0 saturated heterocycles. The van der Waals surface area contributed by atoms with Gasteiger partial charge in [0, 0.05) is 17.5 Å². The van der Waals surface area contributed by atoms with E-state index in [1.165, 1.54) is 4.88 Å². The van der Waals surface area contributed by atoms with E-state index in [4.69, 9.17) is 0 Å². The Kier molecular flexibility index (Phi) is 5.29. The van der Waals surface area contributed by atoms with Crippen LogP contribution in [0.4, 0.5) is 0 Å². The molecular formula is C12H21NOS. The highest BCUT2D eigenvalue weighted by Gasteiger charge is 2.14. The van der Waals surface area contributed by atoms with Crippen LogP contribution in [0.15, 0.2) is 17.5 Å². The van der Waals surface area contributed by atoms with E-state index in [0.29, 0.717) is 18.5 Å². The predicted molar refractivity (Wildman–Crippen MR) is 66.2 cm³/mol. The molecule has 0 spiro atoms. The lowest BCUT2D eigenvalue weighted by Crippen LogP contribution is -2.29. The average molecular weight is 227 g/mol. The molecule has 1 heterocycles. The molecule has 0 bridgehead atoms. The van der Waals surface area contributed by atoms with Gasteiger partial charge in [0.15, 0.2) is 0 Å². The van der Waals surface area contributed by atoms with Crippen LogP contribution in [-0.2, 0) is 0 Å². The van der Waals surface area contributed by atoms with Gasteiger partial charge in [0.05, 0.1) is 6.10 Å². The maximum atomic E-state index is 9.27. The minimum absolute atomic E-state index is 0.278. The van der Waals surface area contributed by atoms with Crippen molar-refractivity contribution in [2.24, 2.45) is 5.92 Å². The first-order valence-electron chi connectivity index (χ1n) is 5.54. The van der Waals surface area contributed by atoms with E-state index in [2.05, 4.69) is 36.7 Å². The summed E-state index contributed by atoms with van der Waals surface area (Å²) in [4.78, 5) is 1.37. The van der Waals surface area contributed by atoms with Gasteiger partial charge in [-0.3, -0.25) is 0 Å². The zero-order valence-electron chi connectivity index (χ0n) is 9.73. The minimum Gasteiger partial charge on any atom is -0.392 e. The fourth-order valence-electron chi connectivity index (χ4n) is 1.57. The fraction of sp³-hybridized carbons (Fsp3) is 0.667. The maximum Gasteiger partial charge on any atom is 0.0636 e. The third kappa shape index (κ3) is 4.78. The van der Waals surface area contributed by atoms with Crippen LogP contribution in [0.3, 0.4) is 0 Å². The van der Waals surface area contributed by atoms with Crippen LogP contribution in [0.5, 0.6) is 0 Å². The molecule has 2 nitrogen and oxygen atoms in total. The lowest BCUT2D eigenvalue weighted by molar-refractivity contribution is 0.184. The second-order valence-corrected chi connectivity index (χ2v) is 5.43. The number of nitrogens with one attached hydrogen (secondary N) is 1. The highest BCUT2D eigenvalue weighted by Crippen LogP contribution is 2.25. The molecule has 15 heavy (non-hydrogen) atoms. The molecule has 1 aromatic heterocycles. The third-order valence-corrected chi connectivity index (χ3v) is 3.24. The summed E-state index contributed by atoms with van der Waals surface area (Å²) < 4.78 is 0. The van der Waals surface area contributed by atoms with Crippen molar-refractivity contribution in [1.29, 1.82) is 0 Å². The zero-order chi connectivity index (χ0) is 11.3. The highest BCUT2D eigenvalue weighted by atomic mass is 32.1. The molecule has 3 heteroatoms. The van der Waals surface area contributed by atoms with E-state index in [0.717, 1.165) is 6.42 Å². The summed E-state index contributed by atoms with van der Waals surface area (Å²) in [6.45, 7) is 6.93. The van der Waals surface area contributed by atoms with Gasteiger partial charge in [-0.1, -0.05) is 19.9 Å². The number of thiophene rings is 1. The van der Waals surface area contributed by atoms with Crippen LogP contribution < -0.4 is 5.32 Å². The largest absolute Gasteiger partial charge is 0.392 e. The highest BCUT2D eigenvalue weighted by molar-refractivity contribution is 7.10. The summed E-state index contributed by atoms with van der Waals surface area (Å²) in [7, 11) is 0. The van der Waals surface area contributed by atoms with Gasteiger partial charge in [-0.25, -0.2) is 0 Å². The molecule has 1 aromatic rings. The van der Waals surface area contributed by atoms with E-state index in [1.54, 1.807) is 11.3 Å². The molecule has 0 aliphatic heterocycles. The molecule has 0 aliphatic carbocycles. The lowest BCUT2D eigenvalue weighted by Gasteiger charge is -2.20. The molecular weight excluding hydrogens is 206 g/mol. The number of aliphatic hydroxyl groups is 1. The van der Waals surface area contributed by atoms with Crippen LogP contribution in [0.25, 0.3) is 0 Å². The molecule has 1 unspecified atom stereocenters. The molecule has 0 saturated carbocycles. The molecule has 0 amide bonds. The van der Waals surface area contributed by atoms with E-state index < -0.39 is 0 Å². The van der Waals surface area contributed by atoms with Crippen LogP contribution in [-0.4, -0.2) is 17.8 Å². The van der Waals surface area contributed by atoms with Crippen molar-refractivity contribution >= 4 is 11.3 Å². The van der Waals surface area contributed by atoms with Crippen LogP contribution >= 0.6 is 11.3 Å². The number of rotatable bonds is 6. The van der Waals surface area contributed by atoms with Crippen molar-refractivity contribution in [3.05, 3.63) is 22.4 Å². The zero-order valence-corrected chi connectivity index (χ0v) is 10.6. The Hall–Kier alpha value is -0.380. The SMILES string of the molecule is CC(C)CC(NC[C@@H](C)O)c1cccs1. The van der Waals surface area contributed by atoms with E-state index in [9.17, 15) is 5.11 Å². The van der Waals surface area contributed by atoms with E-state index in [-0.39, 0.29) is 6.10 Å². The third-order valence-electron chi connectivity index (χ3n) is 2.25. The average Bonchev–Trinajstić information content (AvgIpc) is 2.63. The van der Waals surface area contributed by atoms with Crippen molar-refractivity contribution in [1.82, 2.24) is 5.32 Å². The molecule has 1 rings (SSSR count). The topological polar surface area (TPSA) is 32.3 Å². The predicted octanol–water partition coefficient (Wildman–Crippen LogP) is 2.81. The molecule has 2 N–H and O–H groups in total. The Morgan fingerprint density at radius 2 is 2.13 bits per heavy atom. The summed E-state index contributed by atoms with van der Waals surface area (Å²) in [6, 6.07) is 4.63. The van der Waals surface area contributed by atoms with Crippen LogP contribution in [0.1, 0.15) is 38.1 Å². The van der Waals surface area contributed by atoms with Crippen molar-refractivity contribution in [2.45, 2.75) is 39.3 Å². The Balaban J connectivity index is 2.54. The first-order chi connectivity index (χ1) is 7.09. The van der Waals surface area contributed by atoms with Crippen molar-refractivity contribution in [3.63, 3.8) is 0 Å². The van der Waals surface area contributed by atoms with Crippen molar-refractivity contribution < 1.29 is 5.11 Å². The second kappa shape index (κ2) is 6.26. The Morgan fingerprint density at radius 3 is 2.60 bits per heavy atom. The summed E-state index contributed by atoms with van der Waals surface area (Å²) in [5.74, 6) is 0.665. The van der Waals surface area contributed by atoms with Gasteiger partial charge in [-0.2, -0.15) is 0 Å². The van der Waals surface area contributed by atoms with Crippen LogP contribution in [0, 0.1) is 5.92 Å². The van der Waals surface area contributed by atoms with Gasteiger partial charge in [0.2, 0.25) is 0 Å². The Morgan fingerprint density at radius 1 is 1.40 bits per heavy atom. The van der Waals surface area contributed by atoms with Gasteiger partial charge in [-0.15, -0.1) is 11.3 Å². The smallest absolute Gasteiger partial charge is 0.0636 e. The second-order valence-electron chi connectivity index (χ2n) is 4.45. The molecule has 0 fully saturated rings. The van der Waals surface area contributed by atoms with Gasteiger partial charge < -0.3 is 10.4 Å². The maximum absolute atomic E-state index is 9.27. The fourth-order valence-corrected chi connectivity index (χ4v) is 2.39. The van der Waals surface area contributed by atoms with E-state index >= 15 is 0 Å². The lowest BCUT2D eigenvalue weighted by atomic mass is 10.0. The first-order valence-corrected chi connectivity index (χ1v) is 6.42. The minimum atomic E-state index is -0.278. The van der Waals surface area contributed by atoms with Gasteiger partial charge in [0.25, 0.3) is 0 Å². The normalized spacial score (nSPS) is 15.5. The summed E-state index contributed by atoms with van der Waals surface area (Å²) in [6.07, 6.45) is 0.840. The Bertz CT molecular complexity index is 257.